The van der Waals surface area contributed by atoms with Gasteiger partial charge in [0.15, 0.2) is 0 Å². The van der Waals surface area contributed by atoms with Gasteiger partial charge in [0.1, 0.15) is 5.82 Å². The van der Waals surface area contributed by atoms with E-state index < -0.39 is 0 Å². The van der Waals surface area contributed by atoms with Crippen LogP contribution in [-0.2, 0) is 11.2 Å². The van der Waals surface area contributed by atoms with Crippen LogP contribution in [-0.4, -0.2) is 32.9 Å². The zero-order chi connectivity index (χ0) is 18.4. The number of benzene rings is 1. The van der Waals surface area contributed by atoms with Crippen molar-refractivity contribution in [3.05, 3.63) is 36.2 Å². The zero-order valence-corrected chi connectivity index (χ0v) is 16.5. The summed E-state index contributed by atoms with van der Waals surface area (Å²) < 4.78 is 0. The average molecular weight is 373 g/mol. The van der Waals surface area contributed by atoms with Gasteiger partial charge in [-0.05, 0) is 38.3 Å². The minimum atomic E-state index is 0.0773. The van der Waals surface area contributed by atoms with Crippen molar-refractivity contribution in [2.75, 3.05) is 10.7 Å². The van der Waals surface area contributed by atoms with Crippen LogP contribution >= 0.6 is 11.8 Å². The molecule has 1 N–H and O–H groups in total. The van der Waals surface area contributed by atoms with Crippen LogP contribution in [0.1, 0.15) is 51.8 Å². The number of nitrogens with one attached hydrogen (secondary N) is 1. The molecule has 5 nitrogen and oxygen atoms in total. The summed E-state index contributed by atoms with van der Waals surface area (Å²) in [5.74, 6) is 2.21. The highest BCUT2D eigenvalue weighted by Gasteiger charge is 2.20. The van der Waals surface area contributed by atoms with E-state index in [4.69, 9.17) is 0 Å². The second-order valence-corrected chi connectivity index (χ2v) is 8.18. The van der Waals surface area contributed by atoms with Crippen molar-refractivity contribution < 1.29 is 4.79 Å². The zero-order valence-electron chi connectivity index (χ0n) is 15.6. The number of anilines is 1. The van der Waals surface area contributed by atoms with Gasteiger partial charge in [-0.15, -0.1) is 5.10 Å². The number of H-pyrrole nitrogens is 1. The predicted octanol–water partition coefficient (Wildman–Crippen LogP) is 4.46. The molecule has 6 heteroatoms. The summed E-state index contributed by atoms with van der Waals surface area (Å²) in [5.41, 5.74) is 0.931. The number of aromatic nitrogens is 3. The van der Waals surface area contributed by atoms with Gasteiger partial charge in [-0.3, -0.25) is 9.89 Å². The Morgan fingerprint density at radius 2 is 2.00 bits per heavy atom. The molecule has 1 aliphatic rings. The Morgan fingerprint density at radius 3 is 2.69 bits per heavy atom. The summed E-state index contributed by atoms with van der Waals surface area (Å²) in [6, 6.07) is 9.92. The van der Waals surface area contributed by atoms with E-state index >= 15 is 0 Å². The van der Waals surface area contributed by atoms with Crippen molar-refractivity contribution in [1.29, 1.82) is 0 Å². The third-order valence-corrected chi connectivity index (χ3v) is 5.75. The molecule has 1 aliphatic carbocycles. The molecule has 0 aliphatic heterocycles. The molecule has 0 unspecified atom stereocenters. The quantitative estimate of drug-likeness (QED) is 0.695. The summed E-state index contributed by atoms with van der Waals surface area (Å²) in [4.78, 5) is 19.1. The Balaban J connectivity index is 1.52. The minimum absolute atomic E-state index is 0.0773. The summed E-state index contributed by atoms with van der Waals surface area (Å²) in [6.07, 6.45) is 7.60. The Hall–Kier alpha value is -1.82. The Kier molecular flexibility index (Phi) is 6.72. The third kappa shape index (κ3) is 5.10. The fourth-order valence-corrected chi connectivity index (χ4v) is 4.29. The average Bonchev–Trinajstić information content (AvgIpc) is 3.31. The van der Waals surface area contributed by atoms with Crippen LogP contribution < -0.4 is 4.90 Å². The highest BCUT2D eigenvalue weighted by atomic mass is 32.2. The number of rotatable bonds is 8. The third-order valence-electron chi connectivity index (χ3n) is 4.92. The van der Waals surface area contributed by atoms with Gasteiger partial charge in [0, 0.05) is 18.2 Å². The number of hydrogen-bond acceptors (Lipinski definition) is 4. The number of amides is 1. The van der Waals surface area contributed by atoms with E-state index in [0.717, 1.165) is 23.9 Å². The summed E-state index contributed by atoms with van der Waals surface area (Å²) in [6.45, 7) is 4.06. The van der Waals surface area contributed by atoms with Gasteiger partial charge in [-0.1, -0.05) is 55.6 Å². The van der Waals surface area contributed by atoms with Crippen LogP contribution in [0.4, 0.5) is 5.69 Å². The maximum atomic E-state index is 12.7. The minimum Gasteiger partial charge on any atom is -0.309 e. The van der Waals surface area contributed by atoms with Crippen molar-refractivity contribution >= 4 is 23.4 Å². The lowest BCUT2D eigenvalue weighted by Crippen LogP contribution is -2.38. The number of nitrogens with zero attached hydrogens (tertiary/aromatic N) is 3. The maximum absolute atomic E-state index is 12.7. The smallest absolute Gasteiger partial charge is 0.237 e. The van der Waals surface area contributed by atoms with E-state index in [1.54, 1.807) is 0 Å². The second-order valence-electron chi connectivity index (χ2n) is 7.24. The molecule has 1 aromatic carbocycles. The lowest BCUT2D eigenvalue weighted by molar-refractivity contribution is -0.116. The van der Waals surface area contributed by atoms with Gasteiger partial charge in [0.2, 0.25) is 11.1 Å². The van der Waals surface area contributed by atoms with Crippen LogP contribution in [0, 0.1) is 5.92 Å². The van der Waals surface area contributed by atoms with Gasteiger partial charge >= 0.3 is 0 Å². The lowest BCUT2D eigenvalue weighted by atomic mass is 10.0. The van der Waals surface area contributed by atoms with E-state index in [-0.39, 0.29) is 11.9 Å². The van der Waals surface area contributed by atoms with Crippen molar-refractivity contribution in [1.82, 2.24) is 15.2 Å². The van der Waals surface area contributed by atoms with E-state index in [9.17, 15) is 4.79 Å². The number of hydrogen-bond donors (Lipinski definition) is 1. The van der Waals surface area contributed by atoms with Crippen LogP contribution in [0.2, 0.25) is 0 Å². The van der Waals surface area contributed by atoms with Crippen molar-refractivity contribution in [3.63, 3.8) is 0 Å². The Labute approximate surface area is 160 Å². The van der Waals surface area contributed by atoms with Gasteiger partial charge in [-0.2, -0.15) is 0 Å². The van der Waals surface area contributed by atoms with Crippen molar-refractivity contribution in [2.24, 2.45) is 5.92 Å². The van der Waals surface area contributed by atoms with Crippen LogP contribution in [0.25, 0.3) is 0 Å². The predicted molar refractivity (Wildman–Crippen MR) is 106 cm³/mol. The van der Waals surface area contributed by atoms with E-state index in [1.807, 2.05) is 49.1 Å². The standard InChI is InChI=1S/C20H28N4OS/c1-15(2)24(17-10-4-3-5-11-17)19(25)14-26-20-21-18(22-23-20)13-12-16-8-6-7-9-16/h3-5,10-11,15-16H,6-9,12-14H2,1-2H3,(H,21,22,23). The first-order chi connectivity index (χ1) is 12.6. The highest BCUT2D eigenvalue weighted by Crippen LogP contribution is 2.28. The van der Waals surface area contributed by atoms with E-state index in [2.05, 4.69) is 15.2 Å². The molecule has 0 radical (unpaired) electrons. The Bertz CT molecular complexity index is 695. The molecule has 3 rings (SSSR count). The van der Waals surface area contributed by atoms with Gasteiger partial charge in [0.25, 0.3) is 0 Å². The van der Waals surface area contributed by atoms with Crippen LogP contribution in [0.3, 0.4) is 0 Å². The van der Waals surface area contributed by atoms with Crippen molar-refractivity contribution in [3.8, 4) is 0 Å². The monoisotopic (exact) mass is 372 g/mol. The molecule has 0 atom stereocenters. The van der Waals surface area contributed by atoms with Crippen LogP contribution in [0.15, 0.2) is 35.5 Å². The van der Waals surface area contributed by atoms with Gasteiger partial charge in [0.05, 0.1) is 5.75 Å². The molecule has 1 amide bonds. The molecule has 26 heavy (non-hydrogen) atoms. The molecule has 1 saturated carbocycles. The normalized spacial score (nSPS) is 14.9. The lowest BCUT2D eigenvalue weighted by Gasteiger charge is -2.26. The molecule has 1 fully saturated rings. The van der Waals surface area contributed by atoms with Crippen LogP contribution in [0.5, 0.6) is 0 Å². The van der Waals surface area contributed by atoms with Gasteiger partial charge in [-0.25, -0.2) is 4.98 Å². The van der Waals surface area contributed by atoms with Crippen molar-refractivity contribution in [2.45, 2.75) is 63.6 Å². The largest absolute Gasteiger partial charge is 0.309 e. The molecule has 0 saturated heterocycles. The molecule has 1 aromatic heterocycles. The van der Waals surface area contributed by atoms with Gasteiger partial charge < -0.3 is 4.90 Å². The molecule has 2 aromatic rings. The topological polar surface area (TPSA) is 61.9 Å². The second kappa shape index (κ2) is 9.21. The summed E-state index contributed by atoms with van der Waals surface area (Å²) >= 11 is 1.40. The number of aromatic amines is 1. The fraction of sp³-hybridized carbons (Fsp3) is 0.550. The number of thioether (sulfide) groups is 1. The highest BCUT2D eigenvalue weighted by molar-refractivity contribution is 7.99. The summed E-state index contributed by atoms with van der Waals surface area (Å²) in [5, 5.41) is 7.96. The first-order valence-corrected chi connectivity index (χ1v) is 10.5. The molecule has 140 valence electrons. The number of aryl methyl sites for hydroxylation is 1. The number of para-hydroxylation sites is 1. The van der Waals surface area contributed by atoms with E-state index in [1.165, 1.54) is 43.9 Å². The number of carbonyl (C=O) groups is 1. The molecule has 0 spiro atoms. The summed E-state index contributed by atoms with van der Waals surface area (Å²) in [7, 11) is 0. The SMILES string of the molecule is CC(C)N(C(=O)CSc1n[nH]c(CCC2CCCC2)n1)c1ccccc1. The molecule has 0 bridgehead atoms. The maximum Gasteiger partial charge on any atom is 0.237 e. The Morgan fingerprint density at radius 1 is 1.27 bits per heavy atom. The number of carbonyl (C=O) groups excluding carboxylic acids is 1. The molecular weight excluding hydrogens is 344 g/mol. The first kappa shape index (κ1) is 19.0. The first-order valence-electron chi connectivity index (χ1n) is 9.54. The fourth-order valence-electron chi connectivity index (χ4n) is 3.61. The van der Waals surface area contributed by atoms with E-state index in [0.29, 0.717) is 10.9 Å². The molecular formula is C20H28N4OS. The molecule has 1 heterocycles.